The van der Waals surface area contributed by atoms with Gasteiger partial charge in [0.25, 0.3) is 10.1 Å². The second-order valence-electron chi connectivity index (χ2n) is 4.33. The monoisotopic (exact) mass is 291 g/mol. The van der Waals surface area contributed by atoms with E-state index in [0.29, 0.717) is 18.0 Å². The maximum atomic E-state index is 10.5. The highest BCUT2D eigenvalue weighted by Crippen LogP contribution is 2.10. The highest BCUT2D eigenvalue weighted by molar-refractivity contribution is 7.85. The molecule has 0 aliphatic rings. The van der Waals surface area contributed by atoms with Crippen LogP contribution in [0.3, 0.4) is 0 Å². The van der Waals surface area contributed by atoms with Crippen molar-refractivity contribution in [2.45, 2.75) is 25.8 Å². The highest BCUT2D eigenvalue weighted by Gasteiger charge is 2.06. The van der Waals surface area contributed by atoms with E-state index in [2.05, 4.69) is 5.32 Å². The molecule has 1 rings (SSSR count). The molecular weight excluding hydrogens is 274 g/mol. The van der Waals surface area contributed by atoms with Gasteiger partial charge in [-0.05, 0) is 44.0 Å². The molecular formula is C12H18ClNO3S. The van der Waals surface area contributed by atoms with Crippen LogP contribution < -0.4 is 5.32 Å². The molecule has 1 aromatic carbocycles. The Morgan fingerprint density at radius 2 is 1.94 bits per heavy atom. The van der Waals surface area contributed by atoms with E-state index in [1.54, 1.807) is 0 Å². The van der Waals surface area contributed by atoms with E-state index in [4.69, 9.17) is 16.2 Å². The van der Waals surface area contributed by atoms with E-state index in [0.717, 1.165) is 6.42 Å². The van der Waals surface area contributed by atoms with E-state index >= 15 is 0 Å². The van der Waals surface area contributed by atoms with Crippen LogP contribution >= 0.6 is 11.6 Å². The average molecular weight is 292 g/mol. The van der Waals surface area contributed by atoms with Crippen molar-refractivity contribution in [3.05, 3.63) is 34.9 Å². The zero-order valence-electron chi connectivity index (χ0n) is 10.3. The molecule has 0 bridgehead atoms. The van der Waals surface area contributed by atoms with Gasteiger partial charge in [0.2, 0.25) is 0 Å². The van der Waals surface area contributed by atoms with Crippen molar-refractivity contribution in [1.82, 2.24) is 5.32 Å². The number of hydrogen-bond acceptors (Lipinski definition) is 3. The molecule has 0 radical (unpaired) electrons. The van der Waals surface area contributed by atoms with Gasteiger partial charge in [0.1, 0.15) is 0 Å². The van der Waals surface area contributed by atoms with E-state index in [-0.39, 0.29) is 11.8 Å². The second kappa shape index (κ2) is 7.09. The molecule has 0 amide bonds. The summed E-state index contributed by atoms with van der Waals surface area (Å²) in [6, 6.07) is 7.88. The zero-order chi connectivity index (χ0) is 13.6. The molecule has 0 fully saturated rings. The summed E-state index contributed by atoms with van der Waals surface area (Å²) in [7, 11) is -3.84. The Morgan fingerprint density at radius 3 is 2.50 bits per heavy atom. The molecule has 6 heteroatoms. The molecule has 1 aromatic rings. The quantitative estimate of drug-likeness (QED) is 0.597. The summed E-state index contributed by atoms with van der Waals surface area (Å²) in [4.78, 5) is 0. The fraction of sp³-hybridized carbons (Fsp3) is 0.500. The van der Waals surface area contributed by atoms with Crippen LogP contribution in [0.5, 0.6) is 0 Å². The van der Waals surface area contributed by atoms with Crippen molar-refractivity contribution in [2.24, 2.45) is 0 Å². The first-order chi connectivity index (χ1) is 8.37. The number of nitrogens with one attached hydrogen (secondary N) is 1. The Kier molecular flexibility index (Phi) is 6.08. The van der Waals surface area contributed by atoms with Crippen LogP contribution in [0.15, 0.2) is 24.3 Å². The first kappa shape index (κ1) is 15.4. The van der Waals surface area contributed by atoms with Crippen LogP contribution in [0, 0.1) is 0 Å². The zero-order valence-corrected chi connectivity index (χ0v) is 11.8. The summed E-state index contributed by atoms with van der Waals surface area (Å²) in [5.74, 6) is -0.201. The molecule has 1 unspecified atom stereocenters. The molecule has 102 valence electrons. The Morgan fingerprint density at radius 1 is 1.33 bits per heavy atom. The van der Waals surface area contributed by atoms with Crippen molar-refractivity contribution in [2.75, 3.05) is 12.3 Å². The van der Waals surface area contributed by atoms with Crippen LogP contribution in [-0.2, 0) is 16.5 Å². The van der Waals surface area contributed by atoms with Crippen molar-refractivity contribution < 1.29 is 13.0 Å². The Balaban J connectivity index is 2.25. The normalized spacial score (nSPS) is 13.5. The molecule has 18 heavy (non-hydrogen) atoms. The molecule has 0 saturated heterocycles. The van der Waals surface area contributed by atoms with Crippen molar-refractivity contribution in [1.29, 1.82) is 0 Å². The van der Waals surface area contributed by atoms with Gasteiger partial charge in [-0.3, -0.25) is 4.55 Å². The summed E-state index contributed by atoms with van der Waals surface area (Å²) in [6.45, 7) is 2.59. The summed E-state index contributed by atoms with van der Waals surface area (Å²) in [6.07, 6.45) is 1.26. The highest BCUT2D eigenvalue weighted by atomic mass is 35.5. The maximum absolute atomic E-state index is 10.5. The van der Waals surface area contributed by atoms with E-state index in [9.17, 15) is 8.42 Å². The Labute approximate surface area is 113 Å². The lowest BCUT2D eigenvalue weighted by Crippen LogP contribution is -2.30. The van der Waals surface area contributed by atoms with E-state index in [1.165, 1.54) is 5.56 Å². The molecule has 0 aliphatic heterocycles. The predicted octanol–water partition coefficient (Wildman–Crippen LogP) is 2.14. The predicted molar refractivity (Wildman–Crippen MR) is 73.7 cm³/mol. The number of benzene rings is 1. The van der Waals surface area contributed by atoms with Crippen molar-refractivity contribution in [3.63, 3.8) is 0 Å². The lowest BCUT2D eigenvalue weighted by atomic mass is 10.1. The lowest BCUT2D eigenvalue weighted by molar-refractivity contribution is 0.476. The van der Waals surface area contributed by atoms with Crippen LogP contribution in [0.25, 0.3) is 0 Å². The molecule has 0 aliphatic carbocycles. The van der Waals surface area contributed by atoms with Crippen molar-refractivity contribution in [3.8, 4) is 0 Å². The number of halogens is 1. The lowest BCUT2D eigenvalue weighted by Gasteiger charge is -2.13. The van der Waals surface area contributed by atoms with E-state index in [1.807, 2.05) is 31.2 Å². The van der Waals surface area contributed by atoms with Gasteiger partial charge < -0.3 is 5.32 Å². The van der Waals surface area contributed by atoms with Crippen molar-refractivity contribution >= 4 is 21.7 Å². The van der Waals surface area contributed by atoms with Gasteiger partial charge in [-0.2, -0.15) is 8.42 Å². The fourth-order valence-corrected chi connectivity index (χ4v) is 2.28. The summed E-state index contributed by atoms with van der Waals surface area (Å²) < 4.78 is 29.6. The van der Waals surface area contributed by atoms with Crippen LogP contribution in [0.2, 0.25) is 5.02 Å². The fourth-order valence-electron chi connectivity index (χ4n) is 1.65. The van der Waals surface area contributed by atoms with Gasteiger partial charge in [-0.1, -0.05) is 23.7 Å². The third-order valence-corrected chi connectivity index (χ3v) is 3.58. The minimum atomic E-state index is -3.84. The van der Waals surface area contributed by atoms with E-state index < -0.39 is 10.1 Å². The Bertz CT molecular complexity index is 459. The van der Waals surface area contributed by atoms with Gasteiger partial charge in [0, 0.05) is 11.1 Å². The largest absolute Gasteiger partial charge is 0.314 e. The SMILES string of the molecule is CC(Cc1ccc(Cl)cc1)NCCCS(=O)(=O)O. The molecule has 4 nitrogen and oxygen atoms in total. The summed E-state index contributed by atoms with van der Waals surface area (Å²) >= 11 is 5.80. The minimum absolute atomic E-state index is 0.201. The maximum Gasteiger partial charge on any atom is 0.264 e. The first-order valence-corrected chi connectivity index (χ1v) is 7.78. The second-order valence-corrected chi connectivity index (χ2v) is 6.33. The third-order valence-electron chi connectivity index (χ3n) is 2.53. The molecule has 0 saturated carbocycles. The van der Waals surface area contributed by atoms with Crippen LogP contribution in [0.4, 0.5) is 0 Å². The number of rotatable bonds is 7. The molecule has 2 N–H and O–H groups in total. The molecule has 1 atom stereocenters. The topological polar surface area (TPSA) is 66.4 Å². The van der Waals surface area contributed by atoms with Crippen LogP contribution in [-0.4, -0.2) is 31.3 Å². The van der Waals surface area contributed by atoms with Gasteiger partial charge in [0.15, 0.2) is 0 Å². The van der Waals surface area contributed by atoms with Gasteiger partial charge in [-0.15, -0.1) is 0 Å². The first-order valence-electron chi connectivity index (χ1n) is 5.80. The van der Waals surface area contributed by atoms with Gasteiger partial charge in [0.05, 0.1) is 5.75 Å². The van der Waals surface area contributed by atoms with Crippen LogP contribution in [0.1, 0.15) is 18.9 Å². The van der Waals surface area contributed by atoms with Gasteiger partial charge >= 0.3 is 0 Å². The third kappa shape index (κ3) is 6.96. The summed E-state index contributed by atoms with van der Waals surface area (Å²) in [5, 5.41) is 3.93. The number of hydrogen-bond donors (Lipinski definition) is 2. The standard InChI is InChI=1S/C12H18ClNO3S/c1-10(14-7-2-8-18(15,16)17)9-11-3-5-12(13)6-4-11/h3-6,10,14H,2,7-9H2,1H3,(H,15,16,17). The average Bonchev–Trinajstić information content (AvgIpc) is 2.26. The van der Waals surface area contributed by atoms with Gasteiger partial charge in [-0.25, -0.2) is 0 Å². The Hall–Kier alpha value is -0.620. The summed E-state index contributed by atoms with van der Waals surface area (Å²) in [5.41, 5.74) is 1.18. The molecule has 0 heterocycles. The minimum Gasteiger partial charge on any atom is -0.314 e. The molecule has 0 spiro atoms. The smallest absolute Gasteiger partial charge is 0.264 e. The molecule has 0 aromatic heterocycles.